The maximum Gasteiger partial charge on any atom is 0.129 e. The predicted octanol–water partition coefficient (Wildman–Crippen LogP) is 3.58. The maximum atomic E-state index is 13.3. The van der Waals surface area contributed by atoms with Crippen LogP contribution in [0.1, 0.15) is 16.7 Å². The van der Waals surface area contributed by atoms with E-state index in [0.717, 1.165) is 5.56 Å². The lowest BCUT2D eigenvalue weighted by atomic mass is 10.1. The van der Waals surface area contributed by atoms with Crippen molar-refractivity contribution in [2.24, 2.45) is 0 Å². The van der Waals surface area contributed by atoms with Crippen LogP contribution in [0.15, 0.2) is 42.5 Å². The number of benzene rings is 2. The molecule has 0 bridgehead atoms. The molecule has 0 spiro atoms. The number of ether oxygens (including phenoxy) is 1. The predicted molar refractivity (Wildman–Crippen MR) is 66.6 cm³/mol. The topological polar surface area (TPSA) is 33.0 Å². The summed E-state index contributed by atoms with van der Waals surface area (Å²) in [6.45, 7) is 2.02. The van der Waals surface area contributed by atoms with Gasteiger partial charge in [0.15, 0.2) is 0 Å². The summed E-state index contributed by atoms with van der Waals surface area (Å²) >= 11 is 0. The molecule has 0 aromatic heterocycles. The molecule has 0 saturated heterocycles. The molecule has 0 unspecified atom stereocenters. The number of nitrogens with zero attached hydrogens (tertiary/aromatic N) is 1. The van der Waals surface area contributed by atoms with Crippen molar-refractivity contribution in [3.8, 4) is 11.8 Å². The van der Waals surface area contributed by atoms with Gasteiger partial charge in [-0.15, -0.1) is 0 Å². The number of hydrogen-bond acceptors (Lipinski definition) is 2. The van der Waals surface area contributed by atoms with Gasteiger partial charge in [-0.3, -0.25) is 0 Å². The van der Waals surface area contributed by atoms with Gasteiger partial charge < -0.3 is 4.74 Å². The van der Waals surface area contributed by atoms with E-state index in [0.29, 0.717) is 23.5 Å². The van der Waals surface area contributed by atoms with Crippen LogP contribution in [-0.4, -0.2) is 0 Å². The summed E-state index contributed by atoms with van der Waals surface area (Å²) in [7, 11) is 0. The van der Waals surface area contributed by atoms with Crippen LogP contribution in [0.4, 0.5) is 4.39 Å². The zero-order valence-corrected chi connectivity index (χ0v) is 9.98. The Morgan fingerprint density at radius 2 is 2.06 bits per heavy atom. The molecule has 0 N–H and O–H groups in total. The van der Waals surface area contributed by atoms with Gasteiger partial charge in [-0.2, -0.15) is 5.26 Å². The SMILES string of the molecule is Cc1ccc(OCc2cccc(C#N)c2)cc1F. The smallest absolute Gasteiger partial charge is 0.129 e. The highest BCUT2D eigenvalue weighted by Crippen LogP contribution is 2.17. The highest BCUT2D eigenvalue weighted by molar-refractivity contribution is 5.33. The van der Waals surface area contributed by atoms with Crippen LogP contribution < -0.4 is 4.74 Å². The molecule has 18 heavy (non-hydrogen) atoms. The van der Waals surface area contributed by atoms with Crippen LogP contribution in [0.25, 0.3) is 0 Å². The van der Waals surface area contributed by atoms with Crippen molar-refractivity contribution in [1.29, 1.82) is 5.26 Å². The second kappa shape index (κ2) is 5.33. The number of hydrogen-bond donors (Lipinski definition) is 0. The van der Waals surface area contributed by atoms with Crippen molar-refractivity contribution < 1.29 is 9.13 Å². The minimum atomic E-state index is -0.279. The molecule has 2 aromatic carbocycles. The van der Waals surface area contributed by atoms with E-state index in [-0.39, 0.29) is 5.82 Å². The maximum absolute atomic E-state index is 13.3. The van der Waals surface area contributed by atoms with E-state index in [1.807, 2.05) is 6.07 Å². The lowest BCUT2D eigenvalue weighted by Gasteiger charge is -2.07. The Kier molecular flexibility index (Phi) is 3.59. The molecule has 2 rings (SSSR count). The quantitative estimate of drug-likeness (QED) is 0.822. The summed E-state index contributed by atoms with van der Waals surface area (Å²) in [4.78, 5) is 0. The number of aryl methyl sites for hydroxylation is 1. The Morgan fingerprint density at radius 1 is 1.22 bits per heavy atom. The molecule has 0 radical (unpaired) electrons. The summed E-state index contributed by atoms with van der Waals surface area (Å²) in [5.41, 5.74) is 2.06. The van der Waals surface area contributed by atoms with Crippen LogP contribution in [0.2, 0.25) is 0 Å². The fourth-order valence-electron chi connectivity index (χ4n) is 1.56. The second-order valence-electron chi connectivity index (χ2n) is 4.01. The molecular formula is C15H12FNO. The van der Waals surface area contributed by atoms with Gasteiger partial charge in [0, 0.05) is 6.07 Å². The van der Waals surface area contributed by atoms with Gasteiger partial charge in [0.1, 0.15) is 18.2 Å². The Balaban J connectivity index is 2.07. The van der Waals surface area contributed by atoms with Crippen molar-refractivity contribution in [2.75, 3.05) is 0 Å². The Labute approximate surface area is 105 Å². The van der Waals surface area contributed by atoms with Gasteiger partial charge in [-0.1, -0.05) is 18.2 Å². The van der Waals surface area contributed by atoms with E-state index >= 15 is 0 Å². The van der Waals surface area contributed by atoms with Crippen LogP contribution in [-0.2, 0) is 6.61 Å². The van der Waals surface area contributed by atoms with Crippen LogP contribution in [0, 0.1) is 24.1 Å². The van der Waals surface area contributed by atoms with E-state index in [2.05, 4.69) is 6.07 Å². The minimum absolute atomic E-state index is 0.279. The molecule has 0 fully saturated rings. The van der Waals surface area contributed by atoms with Crippen molar-refractivity contribution in [1.82, 2.24) is 0 Å². The van der Waals surface area contributed by atoms with Gasteiger partial charge in [0.25, 0.3) is 0 Å². The van der Waals surface area contributed by atoms with Crippen molar-refractivity contribution >= 4 is 0 Å². The van der Waals surface area contributed by atoms with E-state index in [1.165, 1.54) is 6.07 Å². The van der Waals surface area contributed by atoms with Gasteiger partial charge in [-0.05, 0) is 36.2 Å². The first-order valence-corrected chi connectivity index (χ1v) is 5.57. The first kappa shape index (κ1) is 12.1. The lowest BCUT2D eigenvalue weighted by molar-refractivity contribution is 0.304. The van der Waals surface area contributed by atoms with Gasteiger partial charge in [0.05, 0.1) is 11.6 Å². The minimum Gasteiger partial charge on any atom is -0.489 e. The summed E-state index contributed by atoms with van der Waals surface area (Å²) in [6.07, 6.45) is 0. The van der Waals surface area contributed by atoms with Crippen molar-refractivity contribution in [3.05, 3.63) is 65.0 Å². The highest BCUT2D eigenvalue weighted by atomic mass is 19.1. The zero-order chi connectivity index (χ0) is 13.0. The molecule has 90 valence electrons. The third-order valence-electron chi connectivity index (χ3n) is 2.60. The molecule has 2 nitrogen and oxygen atoms in total. The average Bonchev–Trinajstić information content (AvgIpc) is 2.40. The molecule has 2 aromatic rings. The standard InChI is InChI=1S/C15H12FNO/c1-11-5-6-14(8-15(11)16)18-10-13-4-2-3-12(7-13)9-17/h2-8H,10H2,1H3. The zero-order valence-electron chi connectivity index (χ0n) is 9.98. The van der Waals surface area contributed by atoms with Gasteiger partial charge in [0.2, 0.25) is 0 Å². The fraction of sp³-hybridized carbons (Fsp3) is 0.133. The Bertz CT molecular complexity index is 602. The van der Waals surface area contributed by atoms with E-state index < -0.39 is 0 Å². The second-order valence-corrected chi connectivity index (χ2v) is 4.01. The third kappa shape index (κ3) is 2.86. The summed E-state index contributed by atoms with van der Waals surface area (Å²) in [5.74, 6) is 0.207. The lowest BCUT2D eigenvalue weighted by Crippen LogP contribution is -1.96. The summed E-state index contributed by atoms with van der Waals surface area (Å²) < 4.78 is 18.8. The molecule has 0 aliphatic heterocycles. The largest absolute Gasteiger partial charge is 0.489 e. The molecule has 3 heteroatoms. The first-order valence-electron chi connectivity index (χ1n) is 5.57. The van der Waals surface area contributed by atoms with E-state index in [4.69, 9.17) is 10.00 Å². The van der Waals surface area contributed by atoms with E-state index in [1.54, 1.807) is 37.3 Å². The van der Waals surface area contributed by atoms with Crippen molar-refractivity contribution in [2.45, 2.75) is 13.5 Å². The molecule has 0 aliphatic carbocycles. The molecule has 0 amide bonds. The summed E-state index contributed by atoms with van der Waals surface area (Å²) in [5, 5.41) is 8.77. The first-order chi connectivity index (χ1) is 8.69. The summed E-state index contributed by atoms with van der Waals surface area (Å²) in [6, 6.07) is 14.0. The number of rotatable bonds is 3. The molecule has 0 heterocycles. The number of nitriles is 1. The monoisotopic (exact) mass is 241 g/mol. The Morgan fingerprint density at radius 3 is 2.78 bits per heavy atom. The number of halogens is 1. The molecular weight excluding hydrogens is 229 g/mol. The van der Waals surface area contributed by atoms with Gasteiger partial charge >= 0.3 is 0 Å². The fourth-order valence-corrected chi connectivity index (χ4v) is 1.56. The molecule has 0 aliphatic rings. The Hall–Kier alpha value is -2.34. The van der Waals surface area contributed by atoms with Crippen LogP contribution in [0.3, 0.4) is 0 Å². The normalized spacial score (nSPS) is 9.83. The average molecular weight is 241 g/mol. The van der Waals surface area contributed by atoms with E-state index in [9.17, 15) is 4.39 Å². The highest BCUT2D eigenvalue weighted by Gasteiger charge is 2.01. The van der Waals surface area contributed by atoms with Gasteiger partial charge in [-0.25, -0.2) is 4.39 Å². The van der Waals surface area contributed by atoms with Crippen molar-refractivity contribution in [3.63, 3.8) is 0 Å². The molecule has 0 saturated carbocycles. The molecule has 0 atom stereocenters. The third-order valence-corrected chi connectivity index (χ3v) is 2.60. The van der Waals surface area contributed by atoms with Crippen LogP contribution >= 0.6 is 0 Å². The van der Waals surface area contributed by atoms with Crippen LogP contribution in [0.5, 0.6) is 5.75 Å².